The first-order chi connectivity index (χ1) is 11.4. The van der Waals surface area contributed by atoms with Gasteiger partial charge < -0.3 is 5.11 Å². The van der Waals surface area contributed by atoms with Crippen LogP contribution in [0.25, 0.3) is 0 Å². The van der Waals surface area contributed by atoms with E-state index < -0.39 is 35.8 Å². The number of rotatable bonds is 2. The van der Waals surface area contributed by atoms with Crippen LogP contribution >= 0.6 is 11.6 Å². The molecule has 24 heavy (non-hydrogen) atoms. The molecule has 3 amide bonds. The number of fused-ring (bicyclic) bond motifs is 2. The van der Waals surface area contributed by atoms with Crippen LogP contribution in [0, 0.1) is 0 Å². The molecule has 122 valence electrons. The molecule has 8 heteroatoms. The first-order valence-corrected chi connectivity index (χ1v) is 7.73. The fourth-order valence-corrected chi connectivity index (χ4v) is 3.86. The van der Waals surface area contributed by atoms with Crippen LogP contribution in [0.1, 0.15) is 33.6 Å². The summed E-state index contributed by atoms with van der Waals surface area (Å²) in [6.07, 6.45) is 0.691. The van der Waals surface area contributed by atoms with E-state index >= 15 is 0 Å². The second-order valence-electron chi connectivity index (χ2n) is 5.84. The van der Waals surface area contributed by atoms with Crippen molar-refractivity contribution in [3.8, 4) is 0 Å². The van der Waals surface area contributed by atoms with Gasteiger partial charge in [-0.1, -0.05) is 23.7 Å². The Morgan fingerprint density at radius 2 is 1.67 bits per heavy atom. The highest BCUT2D eigenvalue weighted by Crippen LogP contribution is 2.42. The number of benzene rings is 1. The maximum absolute atomic E-state index is 12.5. The van der Waals surface area contributed by atoms with Gasteiger partial charge in [0, 0.05) is 5.03 Å². The lowest BCUT2D eigenvalue weighted by Gasteiger charge is -2.51. The zero-order valence-corrected chi connectivity index (χ0v) is 13.0. The SMILES string of the molecule is O=C(O)C1=C(Cl)CC[C@@H]2[C@H](N3C(=O)c4ccccc4C3=O)C(=O)N12. The molecule has 0 radical (unpaired) electrons. The highest BCUT2D eigenvalue weighted by Gasteiger charge is 2.59. The van der Waals surface area contributed by atoms with Crippen molar-refractivity contribution in [2.75, 3.05) is 0 Å². The molecule has 1 N–H and O–H groups in total. The van der Waals surface area contributed by atoms with Crippen molar-refractivity contribution in [3.05, 3.63) is 46.1 Å². The van der Waals surface area contributed by atoms with Crippen molar-refractivity contribution in [2.24, 2.45) is 0 Å². The van der Waals surface area contributed by atoms with Gasteiger partial charge in [-0.05, 0) is 25.0 Å². The van der Waals surface area contributed by atoms with E-state index in [-0.39, 0.29) is 28.3 Å². The van der Waals surface area contributed by atoms with Gasteiger partial charge in [0.25, 0.3) is 17.7 Å². The molecule has 0 unspecified atom stereocenters. The Morgan fingerprint density at radius 1 is 1.08 bits per heavy atom. The first-order valence-electron chi connectivity index (χ1n) is 7.35. The van der Waals surface area contributed by atoms with E-state index in [9.17, 15) is 24.3 Å². The minimum Gasteiger partial charge on any atom is -0.477 e. The van der Waals surface area contributed by atoms with Crippen LogP contribution in [0.15, 0.2) is 35.0 Å². The summed E-state index contributed by atoms with van der Waals surface area (Å²) in [7, 11) is 0. The summed E-state index contributed by atoms with van der Waals surface area (Å²) in [5.41, 5.74) is 0.263. The lowest BCUT2D eigenvalue weighted by atomic mass is 9.85. The molecule has 4 rings (SSSR count). The lowest BCUT2D eigenvalue weighted by Crippen LogP contribution is -2.72. The molecule has 0 bridgehead atoms. The van der Waals surface area contributed by atoms with Crippen LogP contribution in [-0.2, 0) is 9.59 Å². The largest absolute Gasteiger partial charge is 0.477 e. The van der Waals surface area contributed by atoms with E-state index in [1.165, 1.54) is 12.1 Å². The van der Waals surface area contributed by atoms with Gasteiger partial charge in [-0.25, -0.2) is 4.79 Å². The van der Waals surface area contributed by atoms with Gasteiger partial charge in [0.2, 0.25) is 0 Å². The third kappa shape index (κ3) is 1.73. The Kier molecular flexibility index (Phi) is 3.05. The van der Waals surface area contributed by atoms with Crippen molar-refractivity contribution in [2.45, 2.75) is 24.9 Å². The monoisotopic (exact) mass is 346 g/mol. The predicted octanol–water partition coefficient (Wildman–Crippen LogP) is 1.19. The Hall–Kier alpha value is -2.67. The fourth-order valence-electron chi connectivity index (χ4n) is 3.58. The van der Waals surface area contributed by atoms with Crippen LogP contribution in [0.5, 0.6) is 0 Å². The molecule has 0 aromatic heterocycles. The second kappa shape index (κ2) is 4.91. The highest BCUT2D eigenvalue weighted by atomic mass is 35.5. The van der Waals surface area contributed by atoms with Crippen LogP contribution in [0.4, 0.5) is 0 Å². The number of nitrogens with zero attached hydrogens (tertiary/aromatic N) is 2. The molecule has 1 fully saturated rings. The predicted molar refractivity (Wildman–Crippen MR) is 81.1 cm³/mol. The summed E-state index contributed by atoms with van der Waals surface area (Å²) in [4.78, 5) is 50.9. The highest BCUT2D eigenvalue weighted by molar-refractivity contribution is 6.32. The smallest absolute Gasteiger partial charge is 0.353 e. The van der Waals surface area contributed by atoms with Gasteiger partial charge in [-0.2, -0.15) is 0 Å². The molecule has 0 saturated carbocycles. The van der Waals surface area contributed by atoms with Crippen molar-refractivity contribution >= 4 is 35.3 Å². The topological polar surface area (TPSA) is 95.0 Å². The Labute approximate surface area is 141 Å². The number of imide groups is 1. The molecular weight excluding hydrogens is 336 g/mol. The summed E-state index contributed by atoms with van der Waals surface area (Å²) in [6.45, 7) is 0. The van der Waals surface area contributed by atoms with Gasteiger partial charge in [0.15, 0.2) is 0 Å². The van der Waals surface area contributed by atoms with Crippen LogP contribution < -0.4 is 0 Å². The van der Waals surface area contributed by atoms with E-state index in [1.807, 2.05) is 0 Å². The summed E-state index contributed by atoms with van der Waals surface area (Å²) < 4.78 is 0. The maximum atomic E-state index is 12.5. The Bertz CT molecular complexity index is 827. The van der Waals surface area contributed by atoms with Crippen molar-refractivity contribution in [1.29, 1.82) is 0 Å². The van der Waals surface area contributed by atoms with Gasteiger partial charge in [0.05, 0.1) is 17.2 Å². The molecule has 2 atom stereocenters. The lowest BCUT2D eigenvalue weighted by molar-refractivity contribution is -0.157. The number of carboxylic acid groups (broad SMARTS) is 1. The zero-order chi connectivity index (χ0) is 17.2. The van der Waals surface area contributed by atoms with Gasteiger partial charge in [-0.15, -0.1) is 0 Å². The molecule has 3 aliphatic heterocycles. The van der Waals surface area contributed by atoms with Crippen LogP contribution in [0.2, 0.25) is 0 Å². The molecule has 1 aromatic rings. The van der Waals surface area contributed by atoms with Crippen molar-refractivity contribution in [1.82, 2.24) is 9.80 Å². The van der Waals surface area contributed by atoms with Gasteiger partial charge in [0.1, 0.15) is 11.7 Å². The van der Waals surface area contributed by atoms with Crippen molar-refractivity contribution in [3.63, 3.8) is 0 Å². The van der Waals surface area contributed by atoms with E-state index in [0.29, 0.717) is 6.42 Å². The summed E-state index contributed by atoms with van der Waals surface area (Å²) in [6, 6.07) is 4.85. The van der Waals surface area contributed by atoms with Gasteiger partial charge >= 0.3 is 5.97 Å². The second-order valence-corrected chi connectivity index (χ2v) is 6.30. The van der Waals surface area contributed by atoms with Crippen molar-refractivity contribution < 1.29 is 24.3 Å². The van der Waals surface area contributed by atoms with E-state index in [0.717, 1.165) is 9.80 Å². The van der Waals surface area contributed by atoms with E-state index in [1.54, 1.807) is 12.1 Å². The minimum absolute atomic E-state index is 0.105. The normalized spacial score (nSPS) is 25.6. The number of hydrogen-bond donors (Lipinski definition) is 1. The number of allylic oxidation sites excluding steroid dienone is 1. The number of carboxylic acids is 1. The van der Waals surface area contributed by atoms with Crippen LogP contribution in [-0.4, -0.2) is 50.7 Å². The number of β-lactam (4-membered cyclic amide) rings is 1. The molecule has 3 aliphatic rings. The number of halogens is 1. The quantitative estimate of drug-likeness (QED) is 0.641. The fraction of sp³-hybridized carbons (Fsp3) is 0.250. The summed E-state index contributed by atoms with van der Waals surface area (Å²) in [5, 5.41) is 9.37. The first kappa shape index (κ1) is 14.9. The maximum Gasteiger partial charge on any atom is 0.353 e. The standard InChI is InChI=1S/C16H11ClN2O5/c17-9-5-6-10-12(15(22)18(10)11(9)16(23)24)19-13(20)7-3-1-2-4-8(7)14(19)21/h1-4,10,12H,5-6H2,(H,23,24)/t10-,12+/m1/s1. The molecule has 1 aromatic carbocycles. The summed E-state index contributed by atoms with van der Waals surface area (Å²) >= 11 is 5.93. The molecule has 0 aliphatic carbocycles. The number of carbonyl (C=O) groups excluding carboxylic acids is 3. The Morgan fingerprint density at radius 3 is 2.21 bits per heavy atom. The summed E-state index contributed by atoms with van der Waals surface area (Å²) in [5.74, 6) is -2.93. The van der Waals surface area contributed by atoms with E-state index in [2.05, 4.69) is 0 Å². The van der Waals surface area contributed by atoms with E-state index in [4.69, 9.17) is 11.6 Å². The molecule has 3 heterocycles. The third-order valence-corrected chi connectivity index (χ3v) is 5.02. The minimum atomic E-state index is -1.29. The molecule has 7 nitrogen and oxygen atoms in total. The average Bonchev–Trinajstić information content (AvgIpc) is 2.80. The number of amides is 3. The molecule has 0 spiro atoms. The Balaban J connectivity index is 1.70. The zero-order valence-electron chi connectivity index (χ0n) is 12.2. The molecule has 1 saturated heterocycles. The van der Waals surface area contributed by atoms with Crippen LogP contribution in [0.3, 0.4) is 0 Å². The number of aliphatic carboxylic acids is 1. The third-order valence-electron chi connectivity index (χ3n) is 4.65. The van der Waals surface area contributed by atoms with Gasteiger partial charge in [-0.3, -0.25) is 24.2 Å². The number of hydrogen-bond acceptors (Lipinski definition) is 4. The average molecular weight is 347 g/mol. The number of carbonyl (C=O) groups is 4. The molecular formula is C16H11ClN2O5.